The van der Waals surface area contributed by atoms with Crippen molar-refractivity contribution in [2.75, 3.05) is 0 Å². The SMILES string of the molecule is CCCC(O)(CC)Cc1csc2ccccc12. The van der Waals surface area contributed by atoms with Crippen LogP contribution in [0.15, 0.2) is 29.6 Å². The molecular weight excluding hydrogens is 228 g/mol. The summed E-state index contributed by atoms with van der Waals surface area (Å²) in [6.07, 6.45) is 3.52. The second-order valence-electron chi connectivity index (χ2n) is 4.76. The van der Waals surface area contributed by atoms with Crippen molar-refractivity contribution in [2.24, 2.45) is 0 Å². The maximum Gasteiger partial charge on any atom is 0.0685 e. The van der Waals surface area contributed by atoms with Crippen LogP contribution in [0.3, 0.4) is 0 Å². The fourth-order valence-corrected chi connectivity index (χ4v) is 3.34. The Hall–Kier alpha value is -0.860. The van der Waals surface area contributed by atoms with Gasteiger partial charge in [-0.2, -0.15) is 0 Å². The van der Waals surface area contributed by atoms with Crippen LogP contribution in [0.2, 0.25) is 0 Å². The third kappa shape index (κ3) is 2.70. The Balaban J connectivity index is 2.28. The molecule has 1 heterocycles. The van der Waals surface area contributed by atoms with Crippen molar-refractivity contribution < 1.29 is 5.11 Å². The first kappa shape index (κ1) is 12.6. The molecule has 0 spiro atoms. The number of aliphatic hydroxyl groups is 1. The minimum atomic E-state index is -0.529. The van der Waals surface area contributed by atoms with Gasteiger partial charge in [0.05, 0.1) is 5.60 Å². The Kier molecular flexibility index (Phi) is 3.85. The number of thiophene rings is 1. The van der Waals surface area contributed by atoms with Crippen molar-refractivity contribution >= 4 is 21.4 Å². The minimum Gasteiger partial charge on any atom is -0.390 e. The first-order chi connectivity index (χ1) is 8.18. The lowest BCUT2D eigenvalue weighted by Gasteiger charge is -2.26. The van der Waals surface area contributed by atoms with Crippen LogP contribution in [0.1, 0.15) is 38.7 Å². The zero-order chi connectivity index (χ0) is 12.3. The average molecular weight is 248 g/mol. The summed E-state index contributed by atoms with van der Waals surface area (Å²) in [7, 11) is 0. The summed E-state index contributed by atoms with van der Waals surface area (Å²) >= 11 is 1.77. The molecule has 0 saturated heterocycles. The van der Waals surface area contributed by atoms with Gasteiger partial charge in [0.25, 0.3) is 0 Å². The first-order valence-electron chi connectivity index (χ1n) is 6.36. The summed E-state index contributed by atoms with van der Waals surface area (Å²) in [4.78, 5) is 0. The Morgan fingerprint density at radius 3 is 2.71 bits per heavy atom. The van der Waals surface area contributed by atoms with Crippen molar-refractivity contribution in [1.82, 2.24) is 0 Å². The monoisotopic (exact) mass is 248 g/mol. The van der Waals surface area contributed by atoms with E-state index in [4.69, 9.17) is 0 Å². The fourth-order valence-electron chi connectivity index (χ4n) is 2.38. The molecule has 0 fully saturated rings. The van der Waals surface area contributed by atoms with Crippen molar-refractivity contribution in [3.8, 4) is 0 Å². The third-order valence-electron chi connectivity index (χ3n) is 3.45. The first-order valence-corrected chi connectivity index (χ1v) is 7.24. The summed E-state index contributed by atoms with van der Waals surface area (Å²) < 4.78 is 1.32. The molecule has 1 unspecified atom stereocenters. The molecule has 17 heavy (non-hydrogen) atoms. The van der Waals surface area contributed by atoms with Gasteiger partial charge in [0.15, 0.2) is 0 Å². The van der Waals surface area contributed by atoms with Crippen LogP contribution in [0.5, 0.6) is 0 Å². The lowest BCUT2D eigenvalue weighted by Crippen LogP contribution is -2.30. The van der Waals surface area contributed by atoms with Crippen molar-refractivity contribution in [2.45, 2.75) is 45.1 Å². The standard InChI is InChI=1S/C15H20OS/c1-3-9-15(16,4-2)10-12-11-17-14-8-6-5-7-13(12)14/h5-8,11,16H,3-4,9-10H2,1-2H3. The molecule has 2 rings (SSSR count). The molecule has 0 amide bonds. The number of hydrogen-bond acceptors (Lipinski definition) is 2. The van der Waals surface area contributed by atoms with Crippen LogP contribution in [-0.4, -0.2) is 10.7 Å². The highest BCUT2D eigenvalue weighted by atomic mass is 32.1. The highest BCUT2D eigenvalue weighted by molar-refractivity contribution is 7.17. The van der Waals surface area contributed by atoms with Gasteiger partial charge in [-0.15, -0.1) is 11.3 Å². The van der Waals surface area contributed by atoms with Crippen LogP contribution in [-0.2, 0) is 6.42 Å². The lowest BCUT2D eigenvalue weighted by molar-refractivity contribution is 0.0274. The van der Waals surface area contributed by atoms with Gasteiger partial charge in [-0.1, -0.05) is 38.5 Å². The van der Waals surface area contributed by atoms with Crippen molar-refractivity contribution in [1.29, 1.82) is 0 Å². The van der Waals surface area contributed by atoms with Gasteiger partial charge in [-0.3, -0.25) is 0 Å². The summed E-state index contributed by atoms with van der Waals surface area (Å²) in [5.74, 6) is 0. The van der Waals surface area contributed by atoms with Gasteiger partial charge in [0.1, 0.15) is 0 Å². The van der Waals surface area contributed by atoms with Crippen LogP contribution >= 0.6 is 11.3 Å². The summed E-state index contributed by atoms with van der Waals surface area (Å²) in [6, 6.07) is 8.45. The van der Waals surface area contributed by atoms with E-state index in [0.717, 1.165) is 25.7 Å². The van der Waals surface area contributed by atoms with Gasteiger partial charge in [-0.05, 0) is 35.2 Å². The molecular formula is C15H20OS. The molecule has 0 saturated carbocycles. The number of hydrogen-bond donors (Lipinski definition) is 1. The zero-order valence-electron chi connectivity index (χ0n) is 10.6. The molecule has 1 aromatic heterocycles. The maximum absolute atomic E-state index is 10.6. The summed E-state index contributed by atoms with van der Waals surface area (Å²) in [6.45, 7) is 4.20. The number of benzene rings is 1. The van der Waals surface area contributed by atoms with Crippen molar-refractivity contribution in [3.63, 3.8) is 0 Å². The van der Waals surface area contributed by atoms with Crippen LogP contribution < -0.4 is 0 Å². The van der Waals surface area contributed by atoms with Crippen molar-refractivity contribution in [3.05, 3.63) is 35.2 Å². The predicted molar refractivity (Wildman–Crippen MR) is 75.7 cm³/mol. The van der Waals surface area contributed by atoms with E-state index in [1.165, 1.54) is 15.6 Å². The summed E-state index contributed by atoms with van der Waals surface area (Å²) in [5.41, 5.74) is 0.766. The Bertz CT molecular complexity index is 488. The van der Waals surface area contributed by atoms with Gasteiger partial charge in [0, 0.05) is 11.1 Å². The van der Waals surface area contributed by atoms with Gasteiger partial charge in [-0.25, -0.2) is 0 Å². The van der Waals surface area contributed by atoms with E-state index in [1.54, 1.807) is 11.3 Å². The smallest absolute Gasteiger partial charge is 0.0685 e. The molecule has 0 aliphatic carbocycles. The molecule has 2 heteroatoms. The van der Waals surface area contributed by atoms with E-state index in [0.29, 0.717) is 0 Å². The van der Waals surface area contributed by atoms with E-state index in [2.05, 4.69) is 43.5 Å². The van der Waals surface area contributed by atoms with Crippen LogP contribution in [0.25, 0.3) is 10.1 Å². The Labute approximate surface area is 107 Å². The predicted octanol–water partition coefficient (Wildman–Crippen LogP) is 4.39. The largest absolute Gasteiger partial charge is 0.390 e. The number of fused-ring (bicyclic) bond motifs is 1. The van der Waals surface area contributed by atoms with Crippen LogP contribution in [0, 0.1) is 0 Å². The van der Waals surface area contributed by atoms with Gasteiger partial charge >= 0.3 is 0 Å². The van der Waals surface area contributed by atoms with E-state index in [1.807, 2.05) is 0 Å². The van der Waals surface area contributed by atoms with Gasteiger partial charge in [0.2, 0.25) is 0 Å². The maximum atomic E-state index is 10.6. The van der Waals surface area contributed by atoms with E-state index in [9.17, 15) is 5.11 Å². The topological polar surface area (TPSA) is 20.2 Å². The molecule has 0 bridgehead atoms. The normalized spacial score (nSPS) is 15.0. The molecule has 0 radical (unpaired) electrons. The molecule has 0 aliphatic heterocycles. The Morgan fingerprint density at radius 2 is 2.00 bits per heavy atom. The average Bonchev–Trinajstić information content (AvgIpc) is 2.73. The van der Waals surface area contributed by atoms with E-state index in [-0.39, 0.29) is 0 Å². The minimum absolute atomic E-state index is 0.529. The van der Waals surface area contributed by atoms with E-state index < -0.39 is 5.60 Å². The molecule has 1 nitrogen and oxygen atoms in total. The fraction of sp³-hybridized carbons (Fsp3) is 0.467. The molecule has 0 aliphatic rings. The highest BCUT2D eigenvalue weighted by Gasteiger charge is 2.25. The molecule has 1 N–H and O–H groups in total. The third-order valence-corrected chi connectivity index (χ3v) is 4.47. The van der Waals surface area contributed by atoms with Gasteiger partial charge < -0.3 is 5.11 Å². The van der Waals surface area contributed by atoms with E-state index >= 15 is 0 Å². The zero-order valence-corrected chi connectivity index (χ0v) is 11.4. The highest BCUT2D eigenvalue weighted by Crippen LogP contribution is 2.31. The quantitative estimate of drug-likeness (QED) is 0.832. The molecule has 1 aromatic carbocycles. The Morgan fingerprint density at radius 1 is 1.24 bits per heavy atom. The summed E-state index contributed by atoms with van der Waals surface area (Å²) in [5, 5.41) is 14.1. The molecule has 2 aromatic rings. The van der Waals surface area contributed by atoms with Crippen LogP contribution in [0.4, 0.5) is 0 Å². The molecule has 92 valence electrons. The molecule has 1 atom stereocenters. The number of rotatable bonds is 5. The second-order valence-corrected chi connectivity index (χ2v) is 5.67. The second kappa shape index (κ2) is 5.19. The lowest BCUT2D eigenvalue weighted by atomic mass is 9.88.